The third-order valence-corrected chi connectivity index (χ3v) is 4.10. The molecule has 0 heterocycles. The molecule has 26 heavy (non-hydrogen) atoms. The van der Waals surface area contributed by atoms with E-state index in [0.29, 0.717) is 15.6 Å². The van der Waals surface area contributed by atoms with Crippen LogP contribution in [0.3, 0.4) is 0 Å². The zero-order valence-corrected chi connectivity index (χ0v) is 15.5. The SMILES string of the molecule is COc1ccc(C(=O)OCC(=O)NC(C)c2ccc(Cl)cc2Cl)c(F)c1. The number of halogens is 3. The van der Waals surface area contributed by atoms with Crippen LogP contribution in [0.25, 0.3) is 0 Å². The largest absolute Gasteiger partial charge is 0.497 e. The molecule has 0 aromatic heterocycles. The summed E-state index contributed by atoms with van der Waals surface area (Å²) < 4.78 is 23.5. The van der Waals surface area contributed by atoms with Gasteiger partial charge in [-0.05, 0) is 36.8 Å². The summed E-state index contributed by atoms with van der Waals surface area (Å²) in [6.07, 6.45) is 0. The highest BCUT2D eigenvalue weighted by Gasteiger charge is 2.17. The molecule has 0 spiro atoms. The van der Waals surface area contributed by atoms with E-state index in [4.69, 9.17) is 32.7 Å². The molecule has 1 atom stereocenters. The van der Waals surface area contributed by atoms with Crippen LogP contribution < -0.4 is 10.1 Å². The lowest BCUT2D eigenvalue weighted by molar-refractivity contribution is -0.124. The number of benzene rings is 2. The van der Waals surface area contributed by atoms with Crippen LogP contribution in [-0.2, 0) is 9.53 Å². The normalized spacial score (nSPS) is 11.6. The number of carbonyl (C=O) groups is 2. The Morgan fingerprint density at radius 3 is 2.54 bits per heavy atom. The van der Waals surface area contributed by atoms with Crippen molar-refractivity contribution in [3.63, 3.8) is 0 Å². The van der Waals surface area contributed by atoms with Crippen LogP contribution in [0, 0.1) is 5.82 Å². The number of carbonyl (C=O) groups excluding carboxylic acids is 2. The first kappa shape index (κ1) is 20.0. The second-order valence-electron chi connectivity index (χ2n) is 5.38. The molecule has 0 aliphatic rings. The molecule has 0 aliphatic heterocycles. The highest BCUT2D eigenvalue weighted by Crippen LogP contribution is 2.26. The van der Waals surface area contributed by atoms with Crippen molar-refractivity contribution in [1.29, 1.82) is 0 Å². The van der Waals surface area contributed by atoms with Crippen molar-refractivity contribution in [2.24, 2.45) is 0 Å². The van der Waals surface area contributed by atoms with Gasteiger partial charge in [0.25, 0.3) is 5.91 Å². The van der Waals surface area contributed by atoms with Gasteiger partial charge in [-0.2, -0.15) is 0 Å². The van der Waals surface area contributed by atoms with Gasteiger partial charge >= 0.3 is 5.97 Å². The van der Waals surface area contributed by atoms with Crippen LogP contribution in [0.2, 0.25) is 10.0 Å². The lowest BCUT2D eigenvalue weighted by Gasteiger charge is -2.16. The number of ether oxygens (including phenoxy) is 2. The maximum Gasteiger partial charge on any atom is 0.341 e. The first-order chi connectivity index (χ1) is 12.3. The number of methoxy groups -OCH3 is 1. The Morgan fingerprint density at radius 2 is 1.92 bits per heavy atom. The topological polar surface area (TPSA) is 64.6 Å². The Kier molecular flexibility index (Phi) is 6.83. The molecule has 0 fully saturated rings. The highest BCUT2D eigenvalue weighted by molar-refractivity contribution is 6.35. The Bertz CT molecular complexity index is 829. The quantitative estimate of drug-likeness (QED) is 0.740. The second kappa shape index (κ2) is 8.87. The van der Waals surface area contributed by atoms with Crippen LogP contribution in [0.15, 0.2) is 36.4 Å². The molecule has 0 radical (unpaired) electrons. The predicted octanol–water partition coefficient (Wildman–Crippen LogP) is 4.18. The fourth-order valence-corrected chi connectivity index (χ4v) is 2.78. The van der Waals surface area contributed by atoms with Crippen LogP contribution in [0.5, 0.6) is 5.75 Å². The fourth-order valence-electron chi connectivity index (χ4n) is 2.21. The lowest BCUT2D eigenvalue weighted by Crippen LogP contribution is -2.31. The number of rotatable bonds is 6. The van der Waals surface area contributed by atoms with E-state index in [1.54, 1.807) is 25.1 Å². The molecule has 2 aromatic rings. The van der Waals surface area contributed by atoms with E-state index >= 15 is 0 Å². The molecular formula is C18H16Cl2FNO4. The third-order valence-electron chi connectivity index (χ3n) is 3.54. The summed E-state index contributed by atoms with van der Waals surface area (Å²) in [7, 11) is 1.38. The molecule has 0 aliphatic carbocycles. The summed E-state index contributed by atoms with van der Waals surface area (Å²) in [6.45, 7) is 1.16. The molecule has 0 saturated carbocycles. The zero-order chi connectivity index (χ0) is 19.3. The maximum atomic E-state index is 13.8. The molecule has 1 amide bonds. The van der Waals surface area contributed by atoms with Crippen molar-refractivity contribution in [2.75, 3.05) is 13.7 Å². The minimum atomic E-state index is -0.947. The number of hydrogen-bond acceptors (Lipinski definition) is 4. The number of nitrogens with one attached hydrogen (secondary N) is 1. The van der Waals surface area contributed by atoms with Crippen molar-refractivity contribution in [3.8, 4) is 5.75 Å². The Morgan fingerprint density at radius 1 is 1.19 bits per heavy atom. The summed E-state index contributed by atoms with van der Waals surface area (Å²) in [5.74, 6) is -2.02. The van der Waals surface area contributed by atoms with E-state index in [9.17, 15) is 14.0 Å². The summed E-state index contributed by atoms with van der Waals surface area (Å²) in [6, 6.07) is 8.18. The Labute approximate surface area is 160 Å². The van der Waals surface area contributed by atoms with Gasteiger partial charge in [-0.1, -0.05) is 29.3 Å². The average Bonchev–Trinajstić information content (AvgIpc) is 2.59. The first-order valence-corrected chi connectivity index (χ1v) is 8.32. The van der Waals surface area contributed by atoms with Crippen LogP contribution in [0.1, 0.15) is 28.9 Å². The van der Waals surface area contributed by atoms with Crippen LogP contribution in [0.4, 0.5) is 4.39 Å². The summed E-state index contributed by atoms with van der Waals surface area (Å²) >= 11 is 11.9. The van der Waals surface area contributed by atoms with Gasteiger partial charge in [0.05, 0.1) is 18.7 Å². The maximum absolute atomic E-state index is 13.8. The lowest BCUT2D eigenvalue weighted by atomic mass is 10.1. The summed E-state index contributed by atoms with van der Waals surface area (Å²) in [5.41, 5.74) is 0.379. The minimum Gasteiger partial charge on any atom is -0.497 e. The molecule has 1 unspecified atom stereocenters. The van der Waals surface area contributed by atoms with E-state index < -0.39 is 30.3 Å². The van der Waals surface area contributed by atoms with Gasteiger partial charge in [-0.15, -0.1) is 0 Å². The number of amides is 1. The Hall–Kier alpha value is -2.31. The van der Waals surface area contributed by atoms with E-state index in [0.717, 1.165) is 6.07 Å². The smallest absolute Gasteiger partial charge is 0.341 e. The molecule has 2 rings (SSSR count). The van der Waals surface area contributed by atoms with Gasteiger partial charge in [0.2, 0.25) is 0 Å². The third kappa shape index (κ3) is 5.09. The first-order valence-electron chi connectivity index (χ1n) is 7.56. The van der Waals surface area contributed by atoms with Crippen molar-refractivity contribution < 1.29 is 23.5 Å². The summed E-state index contributed by atoms with van der Waals surface area (Å²) in [5, 5.41) is 3.52. The van der Waals surface area contributed by atoms with Gasteiger partial charge in [0.15, 0.2) is 6.61 Å². The van der Waals surface area contributed by atoms with E-state index in [2.05, 4.69) is 5.32 Å². The molecular weight excluding hydrogens is 384 g/mol. The van der Waals surface area contributed by atoms with Crippen molar-refractivity contribution in [2.45, 2.75) is 13.0 Å². The molecule has 0 saturated heterocycles. The Balaban J connectivity index is 1.92. The molecule has 8 heteroatoms. The molecule has 0 bridgehead atoms. The van der Waals surface area contributed by atoms with Crippen molar-refractivity contribution in [3.05, 3.63) is 63.4 Å². The number of hydrogen-bond donors (Lipinski definition) is 1. The van der Waals surface area contributed by atoms with Crippen molar-refractivity contribution in [1.82, 2.24) is 5.32 Å². The number of esters is 1. The van der Waals surface area contributed by atoms with E-state index in [1.807, 2.05) is 0 Å². The molecule has 138 valence electrons. The second-order valence-corrected chi connectivity index (χ2v) is 6.22. The average molecular weight is 400 g/mol. The minimum absolute atomic E-state index is 0.269. The summed E-state index contributed by atoms with van der Waals surface area (Å²) in [4.78, 5) is 23.9. The van der Waals surface area contributed by atoms with Crippen molar-refractivity contribution >= 4 is 35.1 Å². The van der Waals surface area contributed by atoms with E-state index in [1.165, 1.54) is 19.2 Å². The van der Waals surface area contributed by atoms with Gasteiger partial charge in [0.1, 0.15) is 11.6 Å². The van der Waals surface area contributed by atoms with Gasteiger partial charge < -0.3 is 14.8 Å². The predicted molar refractivity (Wildman–Crippen MR) is 96.3 cm³/mol. The van der Waals surface area contributed by atoms with Gasteiger partial charge in [-0.25, -0.2) is 9.18 Å². The van der Waals surface area contributed by atoms with Gasteiger partial charge in [0, 0.05) is 16.1 Å². The highest BCUT2D eigenvalue weighted by atomic mass is 35.5. The van der Waals surface area contributed by atoms with Crippen LogP contribution in [-0.4, -0.2) is 25.6 Å². The monoisotopic (exact) mass is 399 g/mol. The standard InChI is InChI=1S/C18H16Cl2FNO4/c1-10(13-5-3-11(19)7-15(13)20)22-17(23)9-26-18(24)14-6-4-12(25-2)8-16(14)21/h3-8,10H,9H2,1-2H3,(H,22,23). The molecule has 5 nitrogen and oxygen atoms in total. The zero-order valence-electron chi connectivity index (χ0n) is 14.0. The molecule has 2 aromatic carbocycles. The fraction of sp³-hybridized carbons (Fsp3) is 0.222. The van der Waals surface area contributed by atoms with E-state index in [-0.39, 0.29) is 11.3 Å². The molecule has 1 N–H and O–H groups in total. The van der Waals surface area contributed by atoms with Crippen LogP contribution >= 0.6 is 23.2 Å². The van der Waals surface area contributed by atoms with Gasteiger partial charge in [-0.3, -0.25) is 4.79 Å².